The lowest BCUT2D eigenvalue weighted by Gasteiger charge is -2.14. The molecule has 10 nitrogen and oxygen atoms in total. The molecular weight excluding hydrogens is 573 g/mol. The number of likely N-dealkylation sites (tertiary alicyclic amines) is 1. The van der Waals surface area contributed by atoms with Crippen LogP contribution in [0.4, 0.5) is 11.5 Å². The molecule has 0 unspecified atom stereocenters. The van der Waals surface area contributed by atoms with E-state index in [1.807, 2.05) is 6.92 Å². The SMILES string of the molecule is Cc1cc(NS(=O)(=O)c2cccc(Cl)c2Cl)ccc1-c1cnc2c(C(=O)NCCCN3CCCC3)cnn2c1N. The number of aromatic nitrogens is 3. The molecule has 2 aromatic carbocycles. The number of carbonyl (C=O) groups excluding carboxylic acids is 1. The van der Waals surface area contributed by atoms with Crippen molar-refractivity contribution < 1.29 is 13.2 Å². The van der Waals surface area contributed by atoms with Crippen LogP contribution in [0.25, 0.3) is 16.8 Å². The number of carbonyl (C=O) groups is 1. The Labute approximate surface area is 242 Å². The van der Waals surface area contributed by atoms with Crippen LogP contribution in [0.5, 0.6) is 0 Å². The molecule has 0 bridgehead atoms. The highest BCUT2D eigenvalue weighted by atomic mass is 35.5. The number of halogens is 2. The second kappa shape index (κ2) is 11.6. The molecule has 13 heteroatoms. The molecule has 0 atom stereocenters. The van der Waals surface area contributed by atoms with Gasteiger partial charge in [0, 0.05) is 24.0 Å². The number of nitrogens with zero attached hydrogens (tertiary/aromatic N) is 4. The van der Waals surface area contributed by atoms with E-state index in [0.717, 1.165) is 37.2 Å². The molecule has 1 aliphatic rings. The molecule has 0 saturated carbocycles. The topological polar surface area (TPSA) is 135 Å². The fraction of sp³-hybridized carbons (Fsp3) is 0.296. The number of nitrogen functional groups attached to an aromatic ring is 1. The van der Waals surface area contributed by atoms with Crippen LogP contribution in [0, 0.1) is 6.92 Å². The van der Waals surface area contributed by atoms with Crippen molar-refractivity contribution in [2.24, 2.45) is 0 Å². The summed E-state index contributed by atoms with van der Waals surface area (Å²) < 4.78 is 29.8. The number of benzene rings is 2. The Hall–Kier alpha value is -3.38. The average Bonchev–Trinajstić information content (AvgIpc) is 3.59. The first kappa shape index (κ1) is 28.2. The minimum Gasteiger partial charge on any atom is -0.383 e. The Kier molecular flexibility index (Phi) is 8.18. The van der Waals surface area contributed by atoms with Crippen molar-refractivity contribution in [3.8, 4) is 11.1 Å². The Morgan fingerprint density at radius 2 is 1.88 bits per heavy atom. The standard InChI is InChI=1S/C27H29Cl2N7O3S/c1-17-14-18(34-40(38,39)23-7-4-6-22(28)24(23)29)8-9-19(17)20-15-32-26-21(16-33-36(26)25(20)30)27(37)31-10-5-13-35-11-2-3-12-35/h4,6-9,14-16,34H,2-3,5,10-13,30H2,1H3,(H,31,37). The lowest BCUT2D eigenvalue weighted by atomic mass is 10.0. The van der Waals surface area contributed by atoms with E-state index in [1.54, 1.807) is 24.4 Å². The summed E-state index contributed by atoms with van der Waals surface area (Å²) in [5, 5.41) is 7.35. The summed E-state index contributed by atoms with van der Waals surface area (Å²) in [5.74, 6) is 0.0592. The van der Waals surface area contributed by atoms with Gasteiger partial charge in [-0.3, -0.25) is 9.52 Å². The summed E-state index contributed by atoms with van der Waals surface area (Å²) in [7, 11) is -3.97. The van der Waals surface area contributed by atoms with Crippen LogP contribution in [0.2, 0.25) is 10.0 Å². The van der Waals surface area contributed by atoms with Crippen molar-refractivity contribution in [1.29, 1.82) is 0 Å². The molecule has 3 heterocycles. The van der Waals surface area contributed by atoms with Gasteiger partial charge in [0.15, 0.2) is 5.65 Å². The Morgan fingerprint density at radius 3 is 2.62 bits per heavy atom. The predicted molar refractivity (Wildman–Crippen MR) is 157 cm³/mol. The van der Waals surface area contributed by atoms with Gasteiger partial charge in [-0.05, 0) is 81.2 Å². The lowest BCUT2D eigenvalue weighted by molar-refractivity contribution is 0.0953. The quantitative estimate of drug-likeness (QED) is 0.238. The number of nitrogens with two attached hydrogens (primary N) is 1. The fourth-order valence-corrected chi connectivity index (χ4v) is 6.67. The molecule has 210 valence electrons. The zero-order chi connectivity index (χ0) is 28.4. The molecule has 0 aliphatic carbocycles. The molecule has 5 rings (SSSR count). The first-order chi connectivity index (χ1) is 19.2. The van der Waals surface area contributed by atoms with Crippen molar-refractivity contribution in [1.82, 2.24) is 24.8 Å². The van der Waals surface area contributed by atoms with Crippen molar-refractivity contribution >= 4 is 56.3 Å². The molecule has 1 amide bonds. The molecule has 4 aromatic rings. The normalized spacial score (nSPS) is 14.1. The Bertz CT molecular complexity index is 1690. The minimum absolute atomic E-state index is 0.0495. The molecule has 4 N–H and O–H groups in total. The summed E-state index contributed by atoms with van der Waals surface area (Å²) >= 11 is 12.1. The summed E-state index contributed by atoms with van der Waals surface area (Å²) in [6, 6.07) is 9.45. The van der Waals surface area contributed by atoms with E-state index in [2.05, 4.69) is 25.0 Å². The summed E-state index contributed by atoms with van der Waals surface area (Å²) in [5.41, 5.74) is 9.58. The maximum absolute atomic E-state index is 12.9. The van der Waals surface area contributed by atoms with Gasteiger partial charge >= 0.3 is 0 Å². The highest BCUT2D eigenvalue weighted by Crippen LogP contribution is 2.33. The van der Waals surface area contributed by atoms with Gasteiger partial charge in [0.05, 0.1) is 16.2 Å². The third kappa shape index (κ3) is 5.73. The van der Waals surface area contributed by atoms with E-state index in [-0.39, 0.29) is 20.8 Å². The predicted octanol–water partition coefficient (Wildman–Crippen LogP) is 4.61. The molecule has 0 spiro atoms. The van der Waals surface area contributed by atoms with Crippen LogP contribution < -0.4 is 15.8 Å². The van der Waals surface area contributed by atoms with Gasteiger partial charge in [-0.2, -0.15) is 9.61 Å². The molecule has 2 aromatic heterocycles. The van der Waals surface area contributed by atoms with Crippen molar-refractivity contribution in [3.63, 3.8) is 0 Å². The molecule has 40 heavy (non-hydrogen) atoms. The van der Waals surface area contributed by atoms with Gasteiger partial charge in [-0.25, -0.2) is 13.4 Å². The van der Waals surface area contributed by atoms with Crippen LogP contribution in [0.15, 0.2) is 53.7 Å². The third-order valence-corrected chi connectivity index (χ3v) is 9.27. The van der Waals surface area contributed by atoms with Crippen LogP contribution in [-0.2, 0) is 10.0 Å². The molecule has 1 aliphatic heterocycles. The van der Waals surface area contributed by atoms with E-state index < -0.39 is 10.0 Å². The van der Waals surface area contributed by atoms with E-state index >= 15 is 0 Å². The van der Waals surface area contributed by atoms with Gasteiger partial charge in [-0.1, -0.05) is 35.3 Å². The van der Waals surface area contributed by atoms with E-state index in [9.17, 15) is 13.2 Å². The average molecular weight is 603 g/mol. The molecule has 0 radical (unpaired) electrons. The number of aryl methyl sites for hydroxylation is 1. The van der Waals surface area contributed by atoms with Crippen LogP contribution >= 0.6 is 23.2 Å². The fourth-order valence-electron chi connectivity index (χ4n) is 4.85. The lowest BCUT2D eigenvalue weighted by Crippen LogP contribution is -2.28. The Morgan fingerprint density at radius 1 is 1.10 bits per heavy atom. The van der Waals surface area contributed by atoms with Gasteiger partial charge < -0.3 is 16.0 Å². The number of hydrogen-bond acceptors (Lipinski definition) is 7. The largest absolute Gasteiger partial charge is 0.383 e. The number of sulfonamides is 1. The van der Waals surface area contributed by atoms with Crippen LogP contribution in [0.1, 0.15) is 35.2 Å². The second-order valence-electron chi connectivity index (χ2n) is 9.70. The first-order valence-corrected chi connectivity index (χ1v) is 15.1. The van der Waals surface area contributed by atoms with Gasteiger partial charge in [0.25, 0.3) is 15.9 Å². The van der Waals surface area contributed by atoms with E-state index in [0.29, 0.717) is 34.8 Å². The molecule has 1 fully saturated rings. The number of hydrogen-bond donors (Lipinski definition) is 3. The highest BCUT2D eigenvalue weighted by Gasteiger charge is 2.21. The first-order valence-electron chi connectivity index (χ1n) is 12.9. The van der Waals surface area contributed by atoms with Crippen molar-refractivity contribution in [2.75, 3.05) is 36.6 Å². The molecular formula is C27H29Cl2N7O3S. The molecule has 1 saturated heterocycles. The Balaban J connectivity index is 1.32. The number of fused-ring (bicyclic) bond motifs is 1. The number of anilines is 2. The zero-order valence-corrected chi connectivity index (χ0v) is 24.2. The van der Waals surface area contributed by atoms with E-state index in [4.69, 9.17) is 28.9 Å². The van der Waals surface area contributed by atoms with Crippen molar-refractivity contribution in [3.05, 3.63) is 70.0 Å². The monoisotopic (exact) mass is 601 g/mol. The number of amides is 1. The summed E-state index contributed by atoms with van der Waals surface area (Å²) in [6.45, 7) is 5.62. The number of rotatable bonds is 9. The van der Waals surface area contributed by atoms with Gasteiger partial charge in [-0.15, -0.1) is 0 Å². The van der Waals surface area contributed by atoms with Crippen LogP contribution in [0.3, 0.4) is 0 Å². The number of nitrogens with one attached hydrogen (secondary N) is 2. The summed E-state index contributed by atoms with van der Waals surface area (Å²) in [4.78, 5) is 19.6. The second-order valence-corrected chi connectivity index (χ2v) is 12.1. The van der Waals surface area contributed by atoms with Gasteiger partial charge in [0.1, 0.15) is 16.3 Å². The minimum atomic E-state index is -3.97. The summed E-state index contributed by atoms with van der Waals surface area (Å²) in [6.07, 6.45) is 6.41. The maximum Gasteiger partial charge on any atom is 0.263 e. The van der Waals surface area contributed by atoms with Crippen LogP contribution in [-0.4, -0.2) is 60.0 Å². The smallest absolute Gasteiger partial charge is 0.263 e. The van der Waals surface area contributed by atoms with E-state index in [1.165, 1.54) is 41.8 Å². The maximum atomic E-state index is 12.9. The third-order valence-electron chi connectivity index (χ3n) is 6.92. The van der Waals surface area contributed by atoms with Gasteiger partial charge in [0.2, 0.25) is 0 Å². The van der Waals surface area contributed by atoms with Crippen molar-refractivity contribution in [2.45, 2.75) is 31.1 Å². The highest BCUT2D eigenvalue weighted by molar-refractivity contribution is 7.92. The zero-order valence-electron chi connectivity index (χ0n) is 21.8.